The third-order valence-electron chi connectivity index (χ3n) is 3.48. The van der Waals surface area contributed by atoms with Crippen LogP contribution >= 0.6 is 0 Å². The van der Waals surface area contributed by atoms with E-state index in [0.717, 1.165) is 36.0 Å². The maximum absolute atomic E-state index is 12.1. The first-order chi connectivity index (χ1) is 8.84. The molecule has 3 heteroatoms. The highest BCUT2D eigenvalue weighted by molar-refractivity contribution is 6.02. The average molecular weight is 240 g/mol. The molecule has 1 heterocycles. The van der Waals surface area contributed by atoms with E-state index >= 15 is 0 Å². The smallest absolute Gasteiger partial charge is 0.228 e. The largest absolute Gasteiger partial charge is 0.325 e. The number of nitrogens with one attached hydrogen (secondary N) is 2. The highest BCUT2D eigenvalue weighted by atomic mass is 16.1. The molecule has 0 aromatic heterocycles. The van der Waals surface area contributed by atoms with E-state index in [1.807, 2.05) is 30.3 Å². The van der Waals surface area contributed by atoms with Gasteiger partial charge in [0.1, 0.15) is 0 Å². The van der Waals surface area contributed by atoms with Gasteiger partial charge < -0.3 is 10.6 Å². The minimum absolute atomic E-state index is 0.101. The molecule has 1 aliphatic rings. The summed E-state index contributed by atoms with van der Waals surface area (Å²) in [5.41, 5.74) is 0.907. The van der Waals surface area contributed by atoms with Crippen molar-refractivity contribution in [1.29, 1.82) is 0 Å². The molecule has 1 saturated heterocycles. The number of hydrogen-bond donors (Lipinski definition) is 2. The van der Waals surface area contributed by atoms with Gasteiger partial charge >= 0.3 is 0 Å². The summed E-state index contributed by atoms with van der Waals surface area (Å²) in [6.07, 6.45) is 0.927. The Morgan fingerprint density at radius 3 is 2.83 bits per heavy atom. The summed E-state index contributed by atoms with van der Waals surface area (Å²) < 4.78 is 0. The Morgan fingerprint density at radius 2 is 2.00 bits per heavy atom. The van der Waals surface area contributed by atoms with Crippen molar-refractivity contribution in [3.8, 4) is 0 Å². The normalized spacial score (nSPS) is 19.0. The third-order valence-corrected chi connectivity index (χ3v) is 3.48. The van der Waals surface area contributed by atoms with E-state index in [1.54, 1.807) is 0 Å². The Morgan fingerprint density at radius 1 is 1.17 bits per heavy atom. The van der Waals surface area contributed by atoms with Crippen LogP contribution in [0.1, 0.15) is 6.42 Å². The first-order valence-corrected chi connectivity index (χ1v) is 6.34. The van der Waals surface area contributed by atoms with Gasteiger partial charge in [-0.3, -0.25) is 4.79 Å². The topological polar surface area (TPSA) is 41.1 Å². The molecule has 0 spiro atoms. The summed E-state index contributed by atoms with van der Waals surface area (Å²) in [4.78, 5) is 12.1. The van der Waals surface area contributed by atoms with Gasteiger partial charge in [-0.25, -0.2) is 0 Å². The molecule has 0 radical (unpaired) electrons. The molecule has 3 nitrogen and oxygen atoms in total. The fourth-order valence-electron chi connectivity index (χ4n) is 2.45. The minimum atomic E-state index is 0.101. The molecule has 0 saturated carbocycles. The molecule has 1 aliphatic heterocycles. The van der Waals surface area contributed by atoms with E-state index in [-0.39, 0.29) is 11.8 Å². The monoisotopic (exact) mass is 240 g/mol. The second kappa shape index (κ2) is 4.78. The third kappa shape index (κ3) is 2.09. The first kappa shape index (κ1) is 11.2. The van der Waals surface area contributed by atoms with E-state index in [1.165, 1.54) is 0 Å². The summed E-state index contributed by atoms with van der Waals surface area (Å²) in [6.45, 7) is 1.73. The number of rotatable bonds is 2. The van der Waals surface area contributed by atoms with Crippen LogP contribution in [0.2, 0.25) is 0 Å². The van der Waals surface area contributed by atoms with Gasteiger partial charge in [-0.2, -0.15) is 0 Å². The van der Waals surface area contributed by atoms with Crippen LogP contribution in [0, 0.1) is 5.92 Å². The molecule has 0 aliphatic carbocycles. The van der Waals surface area contributed by atoms with Gasteiger partial charge in [-0.1, -0.05) is 36.4 Å². The van der Waals surface area contributed by atoms with Crippen molar-refractivity contribution < 1.29 is 4.79 Å². The summed E-state index contributed by atoms with van der Waals surface area (Å²) in [5, 5.41) is 8.51. The second-order valence-electron chi connectivity index (χ2n) is 4.71. The van der Waals surface area contributed by atoms with Gasteiger partial charge in [0.2, 0.25) is 5.91 Å². The van der Waals surface area contributed by atoms with E-state index < -0.39 is 0 Å². The van der Waals surface area contributed by atoms with Gasteiger partial charge in [0.05, 0.1) is 5.92 Å². The molecule has 18 heavy (non-hydrogen) atoms. The molecule has 0 unspecified atom stereocenters. The van der Waals surface area contributed by atoms with Crippen molar-refractivity contribution in [2.24, 2.45) is 5.92 Å². The van der Waals surface area contributed by atoms with Gasteiger partial charge in [0, 0.05) is 17.6 Å². The lowest BCUT2D eigenvalue weighted by Crippen LogP contribution is -2.24. The van der Waals surface area contributed by atoms with E-state index in [0.29, 0.717) is 0 Å². The number of anilines is 1. The van der Waals surface area contributed by atoms with Crippen molar-refractivity contribution >= 4 is 22.4 Å². The van der Waals surface area contributed by atoms with Crippen molar-refractivity contribution in [2.75, 3.05) is 18.4 Å². The summed E-state index contributed by atoms with van der Waals surface area (Å²) in [6, 6.07) is 14.1. The van der Waals surface area contributed by atoms with Crippen LogP contribution in [0.4, 0.5) is 5.69 Å². The number of fused-ring (bicyclic) bond motifs is 1. The minimum Gasteiger partial charge on any atom is -0.325 e. The van der Waals surface area contributed by atoms with Crippen LogP contribution in [0.5, 0.6) is 0 Å². The van der Waals surface area contributed by atoms with Crippen LogP contribution in [-0.2, 0) is 4.79 Å². The van der Waals surface area contributed by atoms with Gasteiger partial charge in [0.15, 0.2) is 0 Å². The lowest BCUT2D eigenvalue weighted by atomic mass is 10.1. The maximum Gasteiger partial charge on any atom is 0.228 e. The summed E-state index contributed by atoms with van der Waals surface area (Å²) >= 11 is 0. The quantitative estimate of drug-likeness (QED) is 0.846. The Bertz CT molecular complexity index is 568. The predicted octanol–water partition coefficient (Wildman–Crippen LogP) is 2.39. The zero-order valence-electron chi connectivity index (χ0n) is 10.1. The molecule has 1 atom stereocenters. The standard InChI is InChI=1S/C15H16N2O/c18-15(12-8-9-16-10-12)17-14-7-3-5-11-4-1-2-6-13(11)14/h1-7,12,16H,8-10H2,(H,17,18)/t12-/m1/s1. The predicted molar refractivity (Wildman–Crippen MR) is 73.6 cm³/mol. The van der Waals surface area contributed by atoms with E-state index in [2.05, 4.69) is 22.8 Å². The first-order valence-electron chi connectivity index (χ1n) is 6.34. The Labute approximate surface area is 106 Å². The Hall–Kier alpha value is -1.87. The molecule has 1 fully saturated rings. The molecule has 3 rings (SSSR count). The van der Waals surface area contributed by atoms with Crippen LogP contribution in [0.25, 0.3) is 10.8 Å². The molecule has 2 aromatic carbocycles. The van der Waals surface area contributed by atoms with Crippen LogP contribution in [0.3, 0.4) is 0 Å². The summed E-state index contributed by atoms with van der Waals surface area (Å²) in [5.74, 6) is 0.223. The van der Waals surface area contributed by atoms with Crippen LogP contribution < -0.4 is 10.6 Å². The van der Waals surface area contributed by atoms with Crippen molar-refractivity contribution in [3.05, 3.63) is 42.5 Å². The molecule has 1 amide bonds. The molecule has 2 N–H and O–H groups in total. The lowest BCUT2D eigenvalue weighted by molar-refractivity contribution is -0.119. The molecular formula is C15H16N2O. The van der Waals surface area contributed by atoms with Gasteiger partial charge in [0.25, 0.3) is 0 Å². The highest BCUT2D eigenvalue weighted by Crippen LogP contribution is 2.23. The molecule has 0 bridgehead atoms. The number of benzene rings is 2. The average Bonchev–Trinajstić information content (AvgIpc) is 2.93. The zero-order chi connectivity index (χ0) is 12.4. The molecule has 2 aromatic rings. The summed E-state index contributed by atoms with van der Waals surface area (Å²) in [7, 11) is 0. The number of hydrogen-bond acceptors (Lipinski definition) is 2. The van der Waals surface area contributed by atoms with Crippen LogP contribution in [-0.4, -0.2) is 19.0 Å². The number of carbonyl (C=O) groups is 1. The van der Waals surface area contributed by atoms with Gasteiger partial charge in [-0.15, -0.1) is 0 Å². The SMILES string of the molecule is O=C(Nc1cccc2ccccc12)[C@@H]1CCNC1. The molecule has 92 valence electrons. The van der Waals surface area contributed by atoms with Crippen molar-refractivity contribution in [1.82, 2.24) is 5.32 Å². The maximum atomic E-state index is 12.1. The fourth-order valence-corrected chi connectivity index (χ4v) is 2.45. The van der Waals surface area contributed by atoms with Crippen molar-refractivity contribution in [2.45, 2.75) is 6.42 Å². The zero-order valence-corrected chi connectivity index (χ0v) is 10.1. The number of amides is 1. The van der Waals surface area contributed by atoms with Gasteiger partial charge in [-0.05, 0) is 24.4 Å². The van der Waals surface area contributed by atoms with E-state index in [4.69, 9.17) is 0 Å². The van der Waals surface area contributed by atoms with Crippen LogP contribution in [0.15, 0.2) is 42.5 Å². The highest BCUT2D eigenvalue weighted by Gasteiger charge is 2.22. The van der Waals surface area contributed by atoms with Crippen molar-refractivity contribution in [3.63, 3.8) is 0 Å². The number of carbonyl (C=O) groups excluding carboxylic acids is 1. The van der Waals surface area contributed by atoms with E-state index in [9.17, 15) is 4.79 Å². The fraction of sp³-hybridized carbons (Fsp3) is 0.267. The lowest BCUT2D eigenvalue weighted by Gasteiger charge is -2.12. The molecular weight excluding hydrogens is 224 g/mol. The Balaban J connectivity index is 1.88. The second-order valence-corrected chi connectivity index (χ2v) is 4.71. The Kier molecular flexibility index (Phi) is 2.99.